The van der Waals surface area contributed by atoms with E-state index in [2.05, 4.69) is 131 Å². The molecular formula is C101H95F3N12O11S3. The average molecular weight is 1810 g/mol. The zero-order valence-electron chi connectivity index (χ0n) is 71.4. The molecular weight excluding hydrogens is 1710 g/mol. The van der Waals surface area contributed by atoms with Crippen molar-refractivity contribution >= 4 is 62.9 Å². The van der Waals surface area contributed by atoms with Gasteiger partial charge in [-0.2, -0.15) is 13.2 Å². The summed E-state index contributed by atoms with van der Waals surface area (Å²) in [6.07, 6.45) is -1.39. The summed E-state index contributed by atoms with van der Waals surface area (Å²) in [6.45, 7) is 16.6. The molecule has 4 aliphatic heterocycles. The Kier molecular flexibility index (Phi) is 29.9. The smallest absolute Gasteiger partial charge is 0.416 e. The lowest BCUT2D eigenvalue weighted by molar-refractivity contribution is -0.384. The van der Waals surface area contributed by atoms with Gasteiger partial charge in [0.1, 0.15) is 38.8 Å². The number of hydrogen-bond donors (Lipinski definition) is 2. The zero-order chi connectivity index (χ0) is 89.6. The number of piperazine rings is 1. The van der Waals surface area contributed by atoms with E-state index in [1.807, 2.05) is 168 Å². The van der Waals surface area contributed by atoms with Gasteiger partial charge in [-0.05, 0) is 142 Å². The number of aryl methyl sites for hydroxylation is 1. The van der Waals surface area contributed by atoms with E-state index in [0.717, 1.165) is 140 Å². The van der Waals surface area contributed by atoms with Crippen LogP contribution in [0.25, 0.3) is 5.70 Å². The third kappa shape index (κ3) is 25.1. The minimum absolute atomic E-state index is 0.110. The van der Waals surface area contributed by atoms with E-state index in [4.69, 9.17) is 38.1 Å². The molecule has 1 fully saturated rings. The second kappa shape index (κ2) is 43.3. The average Bonchev–Trinajstić information content (AvgIpc) is 1.56. The first-order valence-corrected chi connectivity index (χ1v) is 45.2. The molecule has 0 aliphatic carbocycles. The fourth-order valence-electron chi connectivity index (χ4n) is 15.3. The molecule has 14 aromatic rings. The van der Waals surface area contributed by atoms with Crippen molar-refractivity contribution in [2.45, 2.75) is 97.5 Å². The molecule has 23 nitrogen and oxygen atoms in total. The van der Waals surface area contributed by atoms with Gasteiger partial charge >= 0.3 is 6.18 Å². The fourth-order valence-corrected chi connectivity index (χ4v) is 17.8. The molecule has 1 unspecified atom stereocenters. The standard InChI is InChI=1S/C35H30F3N3O3S.C34H32N4O4S.C32H33N5O4S/c36-35(37,38)28-13-7-10-25(16-28)19-41(20-26-14-15-31-32(18-26)44-23-43-31)21-33-39-30(22-45-33)34(42)40-29(27-11-5-2-6-12-27)17-24-8-3-1-4-9-24;39-34(36-17-15-28-8-4-5-16-35-28)30-23-43-33(37-30)21-38(20-27-11-14-31-32(18-27)42-24-41-31)19-25-9-12-29(13-10-25)40-22-26-6-2-1-3-7-26;1-23-3-5-25(6-4-23)18-34(19-26-7-12-30-31(17-26)41-22-40-30)20-32-33-29(21-42-32)24(2)35-13-15-36(16-14-35)27-8-10-28(11-9-27)37(38)39/h1-16,18,22,29H,17,19-21,23H2,(H,40,42);1-14,16,18,23H,15,17,19-22,24H2,(H,36,39);3-12,17,21H,2,13-16,18-20,22H2,1H3. The van der Waals surface area contributed by atoms with Gasteiger partial charge in [0.25, 0.3) is 17.5 Å². The molecule has 29 heteroatoms. The molecule has 0 saturated carbocycles. The van der Waals surface area contributed by atoms with Crippen LogP contribution in [0.4, 0.5) is 24.5 Å². The number of nitrogens with one attached hydrogen (secondary N) is 2. The minimum Gasteiger partial charge on any atom is -0.489 e. The SMILES string of the molecule is C=C(c1csc(CN(Cc2ccc(C)cc2)Cc2ccc3c(c2)OCO3)n1)N1CCN(c2ccc([N+](=O)[O-])cc2)CC1.O=C(NC(Cc1ccccc1)c1ccccc1)c1csc(CN(Cc2cccc(C(F)(F)F)c2)Cc2ccc3c(c2)OCO3)n1.O=C(NCCc1ccccn1)c1csc(CN(Cc2ccc(OCc3ccccc3)cc2)Cc2ccc3c(c2)OCO3)n1. The molecule has 8 heterocycles. The molecule has 664 valence electrons. The molecule has 18 rings (SSSR count). The van der Waals surface area contributed by atoms with Gasteiger partial charge in [0.05, 0.1) is 47.6 Å². The third-order valence-electron chi connectivity index (χ3n) is 22.1. The molecule has 4 aliphatic rings. The summed E-state index contributed by atoms with van der Waals surface area (Å²) in [5, 5.41) is 25.3. The monoisotopic (exact) mass is 1800 g/mol. The quantitative estimate of drug-likeness (QED) is 0.0282. The first-order chi connectivity index (χ1) is 63.4. The number of fused-ring (bicyclic) bond motifs is 3. The lowest BCUT2D eigenvalue weighted by Crippen LogP contribution is -2.45. The normalized spacial score (nSPS) is 13.2. The van der Waals surface area contributed by atoms with Crippen LogP contribution < -0.4 is 48.7 Å². The highest BCUT2D eigenvalue weighted by Gasteiger charge is 2.32. The number of carbonyl (C=O) groups excluding carboxylic acids is 2. The Morgan fingerprint density at radius 1 is 0.492 bits per heavy atom. The number of alkyl halides is 3. The van der Waals surface area contributed by atoms with Gasteiger partial charge in [-0.1, -0.05) is 182 Å². The van der Waals surface area contributed by atoms with E-state index in [1.54, 1.807) is 41.1 Å². The van der Waals surface area contributed by atoms with Crippen molar-refractivity contribution in [2.24, 2.45) is 0 Å². The van der Waals surface area contributed by atoms with Crippen molar-refractivity contribution < 1.29 is 60.8 Å². The number of hydrogen-bond acceptors (Lipinski definition) is 23. The number of non-ortho nitro benzene ring substituents is 1. The van der Waals surface area contributed by atoms with Gasteiger partial charge in [-0.25, -0.2) is 15.0 Å². The van der Waals surface area contributed by atoms with Gasteiger partial charge < -0.3 is 53.6 Å². The molecule has 10 aromatic carbocycles. The molecule has 1 saturated heterocycles. The lowest BCUT2D eigenvalue weighted by Gasteiger charge is -2.37. The van der Waals surface area contributed by atoms with Crippen molar-refractivity contribution in [3.8, 4) is 40.2 Å². The van der Waals surface area contributed by atoms with Crippen LogP contribution in [0.15, 0.2) is 290 Å². The Balaban J connectivity index is 0.000000143. The minimum atomic E-state index is -4.44. The number of nitrogens with zero attached hydrogens (tertiary/aromatic N) is 10. The Labute approximate surface area is 763 Å². The highest BCUT2D eigenvalue weighted by atomic mass is 32.1. The fraction of sp³-hybridized carbons (Fsp3) is 0.228. The first kappa shape index (κ1) is 89.6. The molecule has 130 heavy (non-hydrogen) atoms. The maximum absolute atomic E-state index is 13.4. The maximum atomic E-state index is 13.4. The second-order valence-corrected chi connectivity index (χ2v) is 34.5. The van der Waals surface area contributed by atoms with E-state index < -0.39 is 11.7 Å². The van der Waals surface area contributed by atoms with E-state index in [0.29, 0.717) is 98.7 Å². The molecule has 0 radical (unpaired) electrons. The van der Waals surface area contributed by atoms with Crippen molar-refractivity contribution in [3.63, 3.8) is 0 Å². The number of amides is 2. The molecule has 2 N–H and O–H groups in total. The van der Waals surface area contributed by atoms with E-state index >= 15 is 0 Å². The Morgan fingerprint density at radius 3 is 1.46 bits per heavy atom. The molecule has 2 amide bonds. The summed E-state index contributed by atoms with van der Waals surface area (Å²) in [5.74, 6) is 4.76. The number of aromatic nitrogens is 4. The van der Waals surface area contributed by atoms with Crippen molar-refractivity contribution in [1.82, 2.24) is 50.2 Å². The number of carbonyl (C=O) groups is 2. The van der Waals surface area contributed by atoms with Gasteiger partial charge in [-0.15, -0.1) is 34.0 Å². The first-order valence-electron chi connectivity index (χ1n) is 42.5. The second-order valence-electron chi connectivity index (χ2n) is 31.6. The van der Waals surface area contributed by atoms with Crippen LogP contribution in [0.1, 0.15) is 115 Å². The lowest BCUT2D eigenvalue weighted by atomic mass is 9.99. The summed E-state index contributed by atoms with van der Waals surface area (Å²) in [6, 6.07) is 82.2. The largest absolute Gasteiger partial charge is 0.489 e. The van der Waals surface area contributed by atoms with Crippen molar-refractivity contribution in [2.75, 3.05) is 58.0 Å². The van der Waals surface area contributed by atoms with E-state index in [-0.39, 0.29) is 55.4 Å². The van der Waals surface area contributed by atoms with Gasteiger partial charge in [0, 0.05) is 124 Å². The molecule has 0 spiro atoms. The number of nitro benzene ring substituents is 1. The number of rotatable bonds is 34. The number of ether oxygens (including phenoxy) is 7. The number of halogens is 3. The van der Waals surface area contributed by atoms with E-state index in [1.165, 1.54) is 51.5 Å². The van der Waals surface area contributed by atoms with Crippen molar-refractivity contribution in [1.29, 1.82) is 0 Å². The van der Waals surface area contributed by atoms with Gasteiger partial charge in [0.2, 0.25) is 20.4 Å². The van der Waals surface area contributed by atoms with Crippen molar-refractivity contribution in [3.05, 3.63) is 399 Å². The number of nitro groups is 1. The van der Waals surface area contributed by atoms with Gasteiger partial charge in [-0.3, -0.25) is 39.4 Å². The number of benzene rings is 10. The highest BCUT2D eigenvalue weighted by Crippen LogP contribution is 2.38. The molecule has 4 aromatic heterocycles. The Hall–Kier alpha value is -13.8. The van der Waals surface area contributed by atoms with E-state index in [9.17, 15) is 32.9 Å². The van der Waals surface area contributed by atoms with Crippen LogP contribution in [-0.2, 0) is 84.5 Å². The van der Waals surface area contributed by atoms with Crippen LogP contribution >= 0.6 is 34.0 Å². The number of anilines is 1. The summed E-state index contributed by atoms with van der Waals surface area (Å²) in [4.78, 5) is 66.6. The third-order valence-corrected chi connectivity index (χ3v) is 24.6. The van der Waals surface area contributed by atoms with Crippen LogP contribution in [0, 0.1) is 17.0 Å². The van der Waals surface area contributed by atoms with Gasteiger partial charge in [0.15, 0.2) is 34.5 Å². The highest BCUT2D eigenvalue weighted by molar-refractivity contribution is 7.10. The molecule has 1 atom stereocenters. The number of thiazole rings is 3. The topological polar surface area (TPSA) is 234 Å². The van der Waals surface area contributed by atoms with Crippen LogP contribution in [0.2, 0.25) is 0 Å². The summed E-state index contributed by atoms with van der Waals surface area (Å²) in [5.41, 5.74) is 14.5. The molecule has 0 bridgehead atoms. The predicted molar refractivity (Wildman–Crippen MR) is 496 cm³/mol. The van der Waals surface area contributed by atoms with Crippen LogP contribution in [-0.4, -0.2) is 109 Å². The zero-order valence-corrected chi connectivity index (χ0v) is 73.8. The van der Waals surface area contributed by atoms with Crippen LogP contribution in [0.3, 0.4) is 0 Å². The number of pyridine rings is 1. The Morgan fingerprint density at radius 2 is 0.946 bits per heavy atom. The predicted octanol–water partition coefficient (Wildman–Crippen LogP) is 19.9. The maximum Gasteiger partial charge on any atom is 0.416 e. The summed E-state index contributed by atoms with van der Waals surface area (Å²) < 4.78 is 79.4. The van der Waals surface area contributed by atoms with Crippen LogP contribution in [0.5, 0.6) is 40.2 Å². The summed E-state index contributed by atoms with van der Waals surface area (Å²) in [7, 11) is 0. The Bertz CT molecular complexity index is 6120. The summed E-state index contributed by atoms with van der Waals surface area (Å²) >= 11 is 4.50.